The number of nitrogens with zero attached hydrogens (tertiary/aromatic N) is 3. The Balaban J connectivity index is 1.30. The van der Waals surface area contributed by atoms with Gasteiger partial charge in [0, 0.05) is 19.9 Å². The minimum atomic E-state index is -0.186. The van der Waals surface area contributed by atoms with Gasteiger partial charge in [-0.2, -0.15) is 4.98 Å². The molecular weight excluding hydrogens is 370 g/mol. The number of para-hydroxylation sites is 3. The van der Waals surface area contributed by atoms with E-state index in [0.717, 1.165) is 29.7 Å². The average Bonchev–Trinajstić information content (AvgIpc) is 3.35. The molecule has 8 nitrogen and oxygen atoms in total. The summed E-state index contributed by atoms with van der Waals surface area (Å²) in [6.45, 7) is 2.38. The molecule has 2 heterocycles. The molecule has 2 N–H and O–H groups in total. The van der Waals surface area contributed by atoms with Crippen LogP contribution in [0, 0.1) is 6.92 Å². The average molecular weight is 391 g/mol. The first-order chi connectivity index (χ1) is 14.2. The second-order valence-corrected chi connectivity index (χ2v) is 6.57. The van der Waals surface area contributed by atoms with Crippen LogP contribution in [0.5, 0.6) is 5.75 Å². The maximum atomic E-state index is 12.6. The van der Waals surface area contributed by atoms with Crippen LogP contribution in [0.2, 0.25) is 0 Å². The van der Waals surface area contributed by atoms with Crippen molar-refractivity contribution in [2.45, 2.75) is 26.4 Å². The number of carbonyl (C=O) groups is 1. The SMILES string of the molecule is Cc1nc(COc2ccccc2C(=O)NCCCc2nc3ccccc3[nH]2)no1. The minimum absolute atomic E-state index is 0.133. The fourth-order valence-corrected chi connectivity index (χ4v) is 3.00. The van der Waals surface area contributed by atoms with E-state index >= 15 is 0 Å². The third-order valence-corrected chi connectivity index (χ3v) is 4.37. The van der Waals surface area contributed by atoms with E-state index in [4.69, 9.17) is 9.26 Å². The lowest BCUT2D eigenvalue weighted by Gasteiger charge is -2.10. The van der Waals surface area contributed by atoms with E-state index in [9.17, 15) is 4.79 Å². The Bertz CT molecular complexity index is 1090. The largest absolute Gasteiger partial charge is 0.485 e. The highest BCUT2D eigenvalue weighted by Crippen LogP contribution is 2.19. The van der Waals surface area contributed by atoms with Gasteiger partial charge in [-0.25, -0.2) is 4.98 Å². The number of aromatic amines is 1. The van der Waals surface area contributed by atoms with Crippen LogP contribution < -0.4 is 10.1 Å². The first-order valence-corrected chi connectivity index (χ1v) is 9.42. The van der Waals surface area contributed by atoms with Gasteiger partial charge in [-0.15, -0.1) is 0 Å². The molecule has 0 aliphatic carbocycles. The number of benzene rings is 2. The summed E-state index contributed by atoms with van der Waals surface area (Å²) >= 11 is 0. The number of imidazole rings is 1. The zero-order chi connectivity index (χ0) is 20.1. The highest BCUT2D eigenvalue weighted by atomic mass is 16.5. The quantitative estimate of drug-likeness (QED) is 0.447. The van der Waals surface area contributed by atoms with Crippen LogP contribution in [-0.2, 0) is 13.0 Å². The second-order valence-electron chi connectivity index (χ2n) is 6.57. The Hall–Kier alpha value is -3.68. The number of H-pyrrole nitrogens is 1. The summed E-state index contributed by atoms with van der Waals surface area (Å²) in [5.74, 6) is 2.11. The van der Waals surface area contributed by atoms with Gasteiger partial charge in [0.25, 0.3) is 5.91 Å². The molecule has 29 heavy (non-hydrogen) atoms. The van der Waals surface area contributed by atoms with Crippen molar-refractivity contribution in [1.82, 2.24) is 25.4 Å². The van der Waals surface area contributed by atoms with E-state index in [1.54, 1.807) is 25.1 Å². The molecule has 0 spiro atoms. The van der Waals surface area contributed by atoms with Gasteiger partial charge in [0.15, 0.2) is 6.61 Å². The predicted molar refractivity (Wildman–Crippen MR) is 107 cm³/mol. The molecule has 4 aromatic rings. The summed E-state index contributed by atoms with van der Waals surface area (Å²) in [7, 11) is 0. The lowest BCUT2D eigenvalue weighted by atomic mass is 10.2. The lowest BCUT2D eigenvalue weighted by molar-refractivity contribution is 0.0948. The summed E-state index contributed by atoms with van der Waals surface area (Å²) in [5.41, 5.74) is 2.44. The van der Waals surface area contributed by atoms with Crippen LogP contribution in [0.25, 0.3) is 11.0 Å². The lowest BCUT2D eigenvalue weighted by Crippen LogP contribution is -2.25. The highest BCUT2D eigenvalue weighted by Gasteiger charge is 2.13. The van der Waals surface area contributed by atoms with Crippen molar-refractivity contribution in [2.24, 2.45) is 0 Å². The molecule has 0 aliphatic rings. The number of carbonyl (C=O) groups excluding carboxylic acids is 1. The van der Waals surface area contributed by atoms with Crippen LogP contribution in [-0.4, -0.2) is 32.6 Å². The summed E-state index contributed by atoms with van der Waals surface area (Å²) in [4.78, 5) is 24.5. The Labute approximate surface area is 167 Å². The molecule has 0 saturated carbocycles. The van der Waals surface area contributed by atoms with Gasteiger partial charge in [0.2, 0.25) is 11.7 Å². The molecule has 0 fully saturated rings. The molecular formula is C21H21N5O3. The number of hydrogen-bond donors (Lipinski definition) is 2. The van der Waals surface area contributed by atoms with Crippen LogP contribution in [0.4, 0.5) is 0 Å². The number of fused-ring (bicyclic) bond motifs is 1. The normalized spacial score (nSPS) is 10.9. The molecule has 0 bridgehead atoms. The van der Waals surface area contributed by atoms with Gasteiger partial charge in [-0.3, -0.25) is 4.79 Å². The smallest absolute Gasteiger partial charge is 0.255 e. The Morgan fingerprint density at radius 3 is 2.79 bits per heavy atom. The first-order valence-electron chi connectivity index (χ1n) is 9.42. The van der Waals surface area contributed by atoms with Crippen molar-refractivity contribution in [1.29, 1.82) is 0 Å². The summed E-state index contributed by atoms with van der Waals surface area (Å²) in [6, 6.07) is 15.0. The maximum absolute atomic E-state index is 12.6. The zero-order valence-corrected chi connectivity index (χ0v) is 16.0. The van der Waals surface area contributed by atoms with E-state index in [0.29, 0.717) is 29.6 Å². The van der Waals surface area contributed by atoms with Crippen molar-refractivity contribution in [3.8, 4) is 5.75 Å². The Morgan fingerprint density at radius 2 is 1.97 bits per heavy atom. The van der Waals surface area contributed by atoms with Gasteiger partial charge < -0.3 is 19.6 Å². The number of nitrogens with one attached hydrogen (secondary N) is 2. The highest BCUT2D eigenvalue weighted by molar-refractivity contribution is 5.96. The van der Waals surface area contributed by atoms with E-state index in [-0.39, 0.29) is 12.5 Å². The monoisotopic (exact) mass is 391 g/mol. The van der Waals surface area contributed by atoms with Crippen LogP contribution in [0.15, 0.2) is 53.1 Å². The number of rotatable bonds is 8. The van der Waals surface area contributed by atoms with Crippen molar-refractivity contribution in [3.05, 3.63) is 71.6 Å². The Morgan fingerprint density at radius 1 is 1.14 bits per heavy atom. The molecule has 4 rings (SSSR count). The number of aromatic nitrogens is 4. The molecule has 148 valence electrons. The number of hydrogen-bond acceptors (Lipinski definition) is 6. The van der Waals surface area contributed by atoms with Gasteiger partial charge in [0.05, 0.1) is 16.6 Å². The topological polar surface area (TPSA) is 106 Å². The van der Waals surface area contributed by atoms with E-state index in [1.807, 2.05) is 30.3 Å². The molecule has 0 unspecified atom stereocenters. The minimum Gasteiger partial charge on any atom is -0.485 e. The van der Waals surface area contributed by atoms with Crippen molar-refractivity contribution in [2.75, 3.05) is 6.54 Å². The van der Waals surface area contributed by atoms with Crippen LogP contribution in [0.3, 0.4) is 0 Å². The number of ether oxygens (including phenoxy) is 1. The van der Waals surface area contributed by atoms with Crippen molar-refractivity contribution >= 4 is 16.9 Å². The van der Waals surface area contributed by atoms with Crippen molar-refractivity contribution in [3.63, 3.8) is 0 Å². The summed E-state index contributed by atoms with van der Waals surface area (Å²) in [5, 5.41) is 6.73. The fourth-order valence-electron chi connectivity index (χ4n) is 3.00. The fraction of sp³-hybridized carbons (Fsp3) is 0.238. The van der Waals surface area contributed by atoms with E-state index in [2.05, 4.69) is 25.4 Å². The molecule has 0 radical (unpaired) electrons. The van der Waals surface area contributed by atoms with Crippen molar-refractivity contribution < 1.29 is 14.1 Å². The second kappa shape index (κ2) is 8.55. The Kier molecular flexibility index (Phi) is 5.51. The van der Waals surface area contributed by atoms with Crippen LogP contribution in [0.1, 0.15) is 34.3 Å². The third kappa shape index (κ3) is 4.60. The molecule has 1 amide bonds. The van der Waals surface area contributed by atoms with Crippen LogP contribution >= 0.6 is 0 Å². The molecule has 2 aromatic carbocycles. The predicted octanol–water partition coefficient (Wildman–Crippen LogP) is 3.20. The zero-order valence-electron chi connectivity index (χ0n) is 16.0. The molecule has 0 atom stereocenters. The number of amides is 1. The molecule has 2 aromatic heterocycles. The molecule has 0 saturated heterocycles. The van der Waals surface area contributed by atoms with Gasteiger partial charge >= 0.3 is 0 Å². The maximum Gasteiger partial charge on any atom is 0.255 e. The third-order valence-electron chi connectivity index (χ3n) is 4.37. The molecule has 0 aliphatic heterocycles. The first kappa shape index (κ1) is 18.7. The van der Waals surface area contributed by atoms with Gasteiger partial charge in [-0.1, -0.05) is 29.4 Å². The standard InChI is InChI=1S/C21H21N5O3/c1-14-23-20(26-29-14)13-28-18-10-5-2-7-15(18)21(27)22-12-6-11-19-24-16-8-3-4-9-17(16)25-19/h2-5,7-10H,6,11-13H2,1H3,(H,22,27)(H,24,25). The van der Waals surface area contributed by atoms with E-state index < -0.39 is 0 Å². The number of aryl methyl sites for hydroxylation is 2. The summed E-state index contributed by atoms with van der Waals surface area (Å²) in [6.07, 6.45) is 1.53. The van der Waals surface area contributed by atoms with E-state index in [1.165, 1.54) is 0 Å². The van der Waals surface area contributed by atoms with Gasteiger partial charge in [0.1, 0.15) is 11.6 Å². The van der Waals surface area contributed by atoms with Gasteiger partial charge in [-0.05, 0) is 30.7 Å². The molecule has 8 heteroatoms. The summed E-state index contributed by atoms with van der Waals surface area (Å²) < 4.78 is 10.6.